The molecule has 156 valence electrons. The van der Waals surface area contributed by atoms with Crippen LogP contribution in [0.25, 0.3) is 22.2 Å². The molecule has 1 N–H and O–H groups in total. The third kappa shape index (κ3) is 3.14. The molecule has 2 atom stereocenters. The third-order valence-corrected chi connectivity index (χ3v) is 7.13. The fourth-order valence-corrected chi connectivity index (χ4v) is 5.70. The first-order valence-electron chi connectivity index (χ1n) is 11.3. The SMILES string of the molecule is CC(C)n1c(-c2ccccc2)c(C(=O)NC2CC3CCC(C2)N3C)c2ccccc21. The van der Waals surface area contributed by atoms with Crippen LogP contribution in [0.15, 0.2) is 54.6 Å². The summed E-state index contributed by atoms with van der Waals surface area (Å²) in [6, 6.07) is 20.4. The second-order valence-electron chi connectivity index (χ2n) is 9.26. The lowest BCUT2D eigenvalue weighted by Gasteiger charge is -2.36. The maximum Gasteiger partial charge on any atom is 0.254 e. The number of hydrogen-bond donors (Lipinski definition) is 1. The molecule has 0 radical (unpaired) electrons. The number of benzene rings is 2. The van der Waals surface area contributed by atoms with E-state index in [0.29, 0.717) is 12.1 Å². The lowest BCUT2D eigenvalue weighted by molar-refractivity contribution is 0.0884. The van der Waals surface area contributed by atoms with Crippen LogP contribution in [0, 0.1) is 0 Å². The molecule has 2 aliphatic heterocycles. The van der Waals surface area contributed by atoms with Gasteiger partial charge in [0, 0.05) is 35.1 Å². The fourth-order valence-electron chi connectivity index (χ4n) is 5.70. The van der Waals surface area contributed by atoms with E-state index in [1.165, 1.54) is 12.8 Å². The highest BCUT2D eigenvalue weighted by atomic mass is 16.1. The van der Waals surface area contributed by atoms with Gasteiger partial charge in [0.2, 0.25) is 0 Å². The zero-order valence-corrected chi connectivity index (χ0v) is 18.1. The number of para-hydroxylation sites is 1. The van der Waals surface area contributed by atoms with Crippen LogP contribution in [0.4, 0.5) is 0 Å². The van der Waals surface area contributed by atoms with Crippen molar-refractivity contribution in [2.45, 2.75) is 63.7 Å². The number of nitrogens with zero attached hydrogens (tertiary/aromatic N) is 2. The lowest BCUT2D eigenvalue weighted by atomic mass is 9.97. The Morgan fingerprint density at radius 3 is 2.27 bits per heavy atom. The van der Waals surface area contributed by atoms with E-state index in [0.717, 1.165) is 40.6 Å². The lowest BCUT2D eigenvalue weighted by Crippen LogP contribution is -2.48. The smallest absolute Gasteiger partial charge is 0.254 e. The normalized spacial score (nSPS) is 23.9. The number of piperidine rings is 1. The molecule has 2 aliphatic rings. The van der Waals surface area contributed by atoms with Gasteiger partial charge in [-0.25, -0.2) is 0 Å². The summed E-state index contributed by atoms with van der Waals surface area (Å²) in [6.07, 6.45) is 4.63. The highest BCUT2D eigenvalue weighted by molar-refractivity contribution is 6.13. The minimum absolute atomic E-state index is 0.0680. The van der Waals surface area contributed by atoms with Crippen LogP contribution in [0.2, 0.25) is 0 Å². The van der Waals surface area contributed by atoms with Gasteiger partial charge in [-0.05, 0) is 58.2 Å². The second-order valence-corrected chi connectivity index (χ2v) is 9.26. The van der Waals surface area contributed by atoms with Crippen LogP contribution in [-0.2, 0) is 0 Å². The van der Waals surface area contributed by atoms with Gasteiger partial charge in [0.05, 0.1) is 11.3 Å². The Balaban J connectivity index is 1.59. The van der Waals surface area contributed by atoms with Gasteiger partial charge < -0.3 is 14.8 Å². The molecule has 2 saturated heterocycles. The van der Waals surface area contributed by atoms with Crippen molar-refractivity contribution in [3.05, 3.63) is 60.2 Å². The van der Waals surface area contributed by atoms with Crippen LogP contribution >= 0.6 is 0 Å². The van der Waals surface area contributed by atoms with Gasteiger partial charge in [0.1, 0.15) is 0 Å². The molecule has 4 heteroatoms. The number of hydrogen-bond acceptors (Lipinski definition) is 2. The molecule has 2 unspecified atom stereocenters. The number of amides is 1. The molecule has 1 aromatic heterocycles. The van der Waals surface area contributed by atoms with Crippen molar-refractivity contribution < 1.29 is 4.79 Å². The number of carbonyl (C=O) groups excluding carboxylic acids is 1. The zero-order valence-electron chi connectivity index (χ0n) is 18.1. The fraction of sp³-hybridized carbons (Fsp3) is 0.423. The van der Waals surface area contributed by atoms with Gasteiger partial charge in [0.25, 0.3) is 5.91 Å². The van der Waals surface area contributed by atoms with E-state index in [1.54, 1.807) is 0 Å². The summed E-state index contributed by atoms with van der Waals surface area (Å²) in [6.45, 7) is 4.38. The molecule has 1 amide bonds. The molecule has 2 aromatic carbocycles. The van der Waals surface area contributed by atoms with Gasteiger partial charge >= 0.3 is 0 Å². The number of carbonyl (C=O) groups is 1. The van der Waals surface area contributed by atoms with Crippen LogP contribution in [0.1, 0.15) is 55.9 Å². The molecule has 0 aliphatic carbocycles. The summed E-state index contributed by atoms with van der Waals surface area (Å²) in [4.78, 5) is 16.3. The number of rotatable bonds is 4. The Labute approximate surface area is 178 Å². The predicted octanol–water partition coefficient (Wildman–Crippen LogP) is 5.24. The van der Waals surface area contributed by atoms with E-state index in [4.69, 9.17) is 0 Å². The van der Waals surface area contributed by atoms with Crippen LogP contribution < -0.4 is 5.32 Å². The van der Waals surface area contributed by atoms with Gasteiger partial charge in [-0.2, -0.15) is 0 Å². The topological polar surface area (TPSA) is 37.3 Å². The van der Waals surface area contributed by atoms with Crippen LogP contribution in [-0.4, -0.2) is 40.5 Å². The van der Waals surface area contributed by atoms with Crippen molar-refractivity contribution in [2.24, 2.45) is 0 Å². The van der Waals surface area contributed by atoms with E-state index in [1.807, 2.05) is 24.3 Å². The summed E-state index contributed by atoms with van der Waals surface area (Å²) < 4.78 is 2.32. The van der Waals surface area contributed by atoms with Crippen molar-refractivity contribution in [1.29, 1.82) is 0 Å². The summed E-state index contributed by atoms with van der Waals surface area (Å²) in [5.41, 5.74) is 4.06. The Bertz CT molecular complexity index is 1050. The predicted molar refractivity (Wildman–Crippen MR) is 123 cm³/mol. The van der Waals surface area contributed by atoms with Crippen molar-refractivity contribution in [3.8, 4) is 11.3 Å². The van der Waals surface area contributed by atoms with E-state index >= 15 is 0 Å². The zero-order chi connectivity index (χ0) is 20.8. The Hall–Kier alpha value is -2.59. The molecule has 4 nitrogen and oxygen atoms in total. The highest BCUT2D eigenvalue weighted by Gasteiger charge is 2.39. The summed E-state index contributed by atoms with van der Waals surface area (Å²) in [5, 5.41) is 4.47. The molecule has 3 heterocycles. The number of fused-ring (bicyclic) bond motifs is 3. The molecular weight excluding hydrogens is 370 g/mol. The maximum absolute atomic E-state index is 13.7. The molecule has 0 spiro atoms. The quantitative estimate of drug-likeness (QED) is 0.649. The minimum atomic E-state index is 0.0680. The van der Waals surface area contributed by atoms with Crippen molar-refractivity contribution in [3.63, 3.8) is 0 Å². The largest absolute Gasteiger partial charge is 0.349 e. The minimum Gasteiger partial charge on any atom is -0.349 e. The van der Waals surface area contributed by atoms with Crippen molar-refractivity contribution >= 4 is 16.8 Å². The average Bonchev–Trinajstić information content (AvgIpc) is 3.18. The Morgan fingerprint density at radius 1 is 0.967 bits per heavy atom. The second kappa shape index (κ2) is 7.59. The first-order chi connectivity index (χ1) is 14.5. The van der Waals surface area contributed by atoms with E-state index in [9.17, 15) is 4.79 Å². The highest BCUT2D eigenvalue weighted by Crippen LogP contribution is 2.38. The molecular formula is C26H31N3O. The number of nitrogens with one attached hydrogen (secondary N) is 1. The van der Waals surface area contributed by atoms with Crippen LogP contribution in [0.5, 0.6) is 0 Å². The molecule has 2 fully saturated rings. The Morgan fingerprint density at radius 2 is 1.60 bits per heavy atom. The molecule has 2 bridgehead atoms. The number of aromatic nitrogens is 1. The Kier molecular flexibility index (Phi) is 4.90. The maximum atomic E-state index is 13.7. The molecule has 3 aromatic rings. The van der Waals surface area contributed by atoms with Gasteiger partial charge in [0.15, 0.2) is 0 Å². The summed E-state index contributed by atoms with van der Waals surface area (Å²) in [5.74, 6) is 0.0680. The first kappa shape index (κ1) is 19.4. The average molecular weight is 402 g/mol. The van der Waals surface area contributed by atoms with E-state index in [2.05, 4.69) is 66.0 Å². The van der Waals surface area contributed by atoms with Gasteiger partial charge in [-0.1, -0.05) is 48.5 Å². The third-order valence-electron chi connectivity index (χ3n) is 7.13. The van der Waals surface area contributed by atoms with E-state index in [-0.39, 0.29) is 18.0 Å². The standard InChI is InChI=1S/C26H31N3O/c1-17(2)29-23-12-8-7-11-22(23)24(25(29)18-9-5-4-6-10-18)26(30)27-19-15-20-13-14-21(16-19)28(20)3/h4-12,17,19-21H,13-16H2,1-3H3,(H,27,30). The van der Waals surface area contributed by atoms with Crippen LogP contribution in [0.3, 0.4) is 0 Å². The summed E-state index contributed by atoms with van der Waals surface area (Å²) >= 11 is 0. The molecule has 0 saturated carbocycles. The van der Waals surface area contributed by atoms with Gasteiger partial charge in [-0.15, -0.1) is 0 Å². The molecule has 5 rings (SSSR count). The summed E-state index contributed by atoms with van der Waals surface area (Å²) in [7, 11) is 2.24. The van der Waals surface area contributed by atoms with Crippen molar-refractivity contribution in [1.82, 2.24) is 14.8 Å². The van der Waals surface area contributed by atoms with E-state index < -0.39 is 0 Å². The molecule has 30 heavy (non-hydrogen) atoms. The first-order valence-corrected chi connectivity index (χ1v) is 11.3. The van der Waals surface area contributed by atoms with Gasteiger partial charge in [-0.3, -0.25) is 4.79 Å². The monoisotopic (exact) mass is 401 g/mol. The van der Waals surface area contributed by atoms with Crippen molar-refractivity contribution in [2.75, 3.05) is 7.05 Å².